The molecule has 1 atom stereocenters. The molecule has 134 valence electrons. The van der Waals surface area contributed by atoms with E-state index in [1.54, 1.807) is 12.4 Å². The van der Waals surface area contributed by atoms with Gasteiger partial charge in [-0.05, 0) is 25.0 Å². The van der Waals surface area contributed by atoms with Crippen molar-refractivity contribution in [2.45, 2.75) is 20.4 Å². The second-order valence-corrected chi connectivity index (χ2v) is 6.44. The van der Waals surface area contributed by atoms with E-state index in [-0.39, 0.29) is 5.91 Å². The first-order valence-corrected chi connectivity index (χ1v) is 8.68. The van der Waals surface area contributed by atoms with Gasteiger partial charge in [-0.15, -0.1) is 0 Å². The zero-order valence-electron chi connectivity index (χ0n) is 14.8. The summed E-state index contributed by atoms with van der Waals surface area (Å²) in [6, 6.07) is 3.79. The van der Waals surface area contributed by atoms with Crippen LogP contribution in [-0.4, -0.2) is 53.3 Å². The lowest BCUT2D eigenvalue weighted by Crippen LogP contribution is -2.36. The highest BCUT2D eigenvalue weighted by Crippen LogP contribution is 2.16. The van der Waals surface area contributed by atoms with Crippen LogP contribution in [0.3, 0.4) is 0 Å². The molecular weight excluding hydrogens is 318 g/mol. The van der Waals surface area contributed by atoms with E-state index in [2.05, 4.69) is 31.7 Å². The number of nitrogens with one attached hydrogen (secondary N) is 1. The number of anilines is 1. The predicted octanol–water partition coefficient (Wildman–Crippen LogP) is 1.49. The molecule has 1 amide bonds. The molecule has 25 heavy (non-hydrogen) atoms. The van der Waals surface area contributed by atoms with Gasteiger partial charge in [0.25, 0.3) is 5.91 Å². The number of morpholine rings is 1. The standard InChI is InChI=1S/C18H25N5O2/c1-14(13-23-6-5-19-15(23)2)12-21-18(24)17-11-16(3-4-20-17)22-7-9-25-10-8-22/h3-6,11,14H,7-10,12-13H2,1-2H3,(H,21,24). The zero-order chi connectivity index (χ0) is 17.6. The lowest BCUT2D eigenvalue weighted by Gasteiger charge is -2.28. The van der Waals surface area contributed by atoms with Crippen LogP contribution in [0.4, 0.5) is 5.69 Å². The minimum atomic E-state index is -0.135. The lowest BCUT2D eigenvalue weighted by molar-refractivity contribution is 0.0942. The van der Waals surface area contributed by atoms with Gasteiger partial charge < -0.3 is 19.5 Å². The summed E-state index contributed by atoms with van der Waals surface area (Å²) in [7, 11) is 0. The molecule has 1 aliphatic heterocycles. The van der Waals surface area contributed by atoms with Gasteiger partial charge in [-0.2, -0.15) is 0 Å². The molecule has 0 bridgehead atoms. The molecule has 2 aromatic rings. The van der Waals surface area contributed by atoms with E-state index in [9.17, 15) is 4.79 Å². The van der Waals surface area contributed by atoms with Gasteiger partial charge in [-0.1, -0.05) is 6.92 Å². The Kier molecular flexibility index (Phi) is 5.65. The van der Waals surface area contributed by atoms with Crippen molar-refractivity contribution in [2.24, 2.45) is 5.92 Å². The molecule has 0 aliphatic carbocycles. The van der Waals surface area contributed by atoms with Gasteiger partial charge in [0.05, 0.1) is 13.2 Å². The predicted molar refractivity (Wildman–Crippen MR) is 95.7 cm³/mol. The van der Waals surface area contributed by atoms with Crippen LogP contribution in [0.1, 0.15) is 23.2 Å². The molecule has 1 aliphatic rings. The van der Waals surface area contributed by atoms with Crippen LogP contribution < -0.4 is 10.2 Å². The van der Waals surface area contributed by atoms with Crippen LogP contribution in [0.15, 0.2) is 30.7 Å². The molecular formula is C18H25N5O2. The monoisotopic (exact) mass is 343 g/mol. The van der Waals surface area contributed by atoms with Crippen LogP contribution in [0.25, 0.3) is 0 Å². The number of nitrogens with zero attached hydrogens (tertiary/aromatic N) is 4. The second kappa shape index (κ2) is 8.11. The number of aromatic nitrogens is 3. The van der Waals surface area contributed by atoms with Crippen molar-refractivity contribution in [3.05, 3.63) is 42.2 Å². The number of pyridine rings is 1. The Labute approximate surface area is 148 Å². The van der Waals surface area contributed by atoms with Gasteiger partial charge in [-0.25, -0.2) is 4.98 Å². The van der Waals surface area contributed by atoms with E-state index in [0.29, 0.717) is 18.2 Å². The summed E-state index contributed by atoms with van der Waals surface area (Å²) in [5, 5.41) is 2.98. The maximum atomic E-state index is 12.4. The number of hydrogen-bond donors (Lipinski definition) is 1. The Morgan fingerprint density at radius 3 is 2.84 bits per heavy atom. The summed E-state index contributed by atoms with van der Waals surface area (Å²) in [5.41, 5.74) is 1.47. The topological polar surface area (TPSA) is 72.3 Å². The van der Waals surface area contributed by atoms with Crippen LogP contribution in [0, 0.1) is 12.8 Å². The highest BCUT2D eigenvalue weighted by Gasteiger charge is 2.15. The van der Waals surface area contributed by atoms with E-state index >= 15 is 0 Å². The third-order valence-electron chi connectivity index (χ3n) is 4.40. The summed E-state index contributed by atoms with van der Waals surface area (Å²) >= 11 is 0. The average molecular weight is 343 g/mol. The van der Waals surface area contributed by atoms with Crippen molar-refractivity contribution in [3.8, 4) is 0 Å². The minimum Gasteiger partial charge on any atom is -0.378 e. The molecule has 7 nitrogen and oxygen atoms in total. The van der Waals surface area contributed by atoms with E-state index in [4.69, 9.17) is 4.74 Å². The molecule has 0 aromatic carbocycles. The maximum absolute atomic E-state index is 12.4. The van der Waals surface area contributed by atoms with Crippen molar-refractivity contribution in [1.29, 1.82) is 0 Å². The number of carbonyl (C=O) groups excluding carboxylic acids is 1. The average Bonchev–Trinajstić information content (AvgIpc) is 3.05. The highest BCUT2D eigenvalue weighted by atomic mass is 16.5. The zero-order valence-corrected chi connectivity index (χ0v) is 14.8. The van der Waals surface area contributed by atoms with Gasteiger partial charge in [0.15, 0.2) is 0 Å². The van der Waals surface area contributed by atoms with Gasteiger partial charge >= 0.3 is 0 Å². The summed E-state index contributed by atoms with van der Waals surface area (Å²) in [6.07, 6.45) is 5.45. The largest absolute Gasteiger partial charge is 0.378 e. The first-order chi connectivity index (χ1) is 12.1. The smallest absolute Gasteiger partial charge is 0.269 e. The van der Waals surface area contributed by atoms with Gasteiger partial charge in [-0.3, -0.25) is 9.78 Å². The molecule has 1 unspecified atom stereocenters. The third-order valence-corrected chi connectivity index (χ3v) is 4.40. The number of ether oxygens (including phenoxy) is 1. The quantitative estimate of drug-likeness (QED) is 0.860. The number of amides is 1. The van der Waals surface area contributed by atoms with Crippen molar-refractivity contribution in [3.63, 3.8) is 0 Å². The number of carbonyl (C=O) groups is 1. The van der Waals surface area contributed by atoms with Crippen LogP contribution in [0.2, 0.25) is 0 Å². The Bertz CT molecular complexity index is 709. The Balaban J connectivity index is 1.55. The summed E-state index contributed by atoms with van der Waals surface area (Å²) < 4.78 is 7.46. The molecule has 7 heteroatoms. The molecule has 2 aromatic heterocycles. The molecule has 0 radical (unpaired) electrons. The van der Waals surface area contributed by atoms with Crippen molar-refractivity contribution in [2.75, 3.05) is 37.7 Å². The highest BCUT2D eigenvalue weighted by molar-refractivity contribution is 5.93. The Hall–Kier alpha value is -2.41. The summed E-state index contributed by atoms with van der Waals surface area (Å²) in [5.74, 6) is 1.15. The number of hydrogen-bond acceptors (Lipinski definition) is 5. The van der Waals surface area contributed by atoms with Crippen LogP contribution in [0.5, 0.6) is 0 Å². The molecule has 1 N–H and O–H groups in total. The maximum Gasteiger partial charge on any atom is 0.269 e. The summed E-state index contributed by atoms with van der Waals surface area (Å²) in [6.45, 7) is 8.62. The fourth-order valence-electron chi connectivity index (χ4n) is 2.92. The number of rotatable bonds is 6. The van der Waals surface area contributed by atoms with E-state index < -0.39 is 0 Å². The molecule has 3 rings (SSSR count). The summed E-state index contributed by atoms with van der Waals surface area (Å²) in [4.78, 5) is 23.1. The first kappa shape index (κ1) is 17.4. The van der Waals surface area contributed by atoms with E-state index in [0.717, 1.165) is 44.4 Å². The molecule has 1 fully saturated rings. The van der Waals surface area contributed by atoms with E-state index in [1.807, 2.05) is 25.3 Å². The fourth-order valence-corrected chi connectivity index (χ4v) is 2.92. The molecule has 3 heterocycles. The van der Waals surface area contributed by atoms with Crippen LogP contribution >= 0.6 is 0 Å². The fraction of sp³-hybridized carbons (Fsp3) is 0.500. The SMILES string of the molecule is Cc1nccn1CC(C)CNC(=O)c1cc(N2CCOCC2)ccn1. The van der Waals surface area contributed by atoms with Crippen LogP contribution in [-0.2, 0) is 11.3 Å². The van der Waals surface area contributed by atoms with Gasteiger partial charge in [0.1, 0.15) is 11.5 Å². The third kappa shape index (κ3) is 4.57. The van der Waals surface area contributed by atoms with Gasteiger partial charge in [0, 0.05) is 50.5 Å². The second-order valence-electron chi connectivity index (χ2n) is 6.44. The number of imidazole rings is 1. The number of aryl methyl sites for hydroxylation is 1. The first-order valence-electron chi connectivity index (χ1n) is 8.68. The molecule has 0 spiro atoms. The van der Waals surface area contributed by atoms with E-state index in [1.165, 1.54) is 0 Å². The molecule has 0 saturated carbocycles. The minimum absolute atomic E-state index is 0.135. The van der Waals surface area contributed by atoms with Crippen molar-refractivity contribution < 1.29 is 9.53 Å². The van der Waals surface area contributed by atoms with Gasteiger partial charge in [0.2, 0.25) is 0 Å². The Morgan fingerprint density at radius 1 is 1.32 bits per heavy atom. The lowest BCUT2D eigenvalue weighted by atomic mass is 10.1. The normalized spacial score (nSPS) is 15.8. The molecule has 1 saturated heterocycles. The van der Waals surface area contributed by atoms with Crippen molar-refractivity contribution >= 4 is 11.6 Å². The van der Waals surface area contributed by atoms with Crippen molar-refractivity contribution in [1.82, 2.24) is 19.9 Å². The Morgan fingerprint density at radius 2 is 2.12 bits per heavy atom.